The molecule has 0 aliphatic heterocycles. The van der Waals surface area contributed by atoms with Gasteiger partial charge in [0, 0.05) is 12.0 Å². The summed E-state index contributed by atoms with van der Waals surface area (Å²) in [6.07, 6.45) is 2.80. The molecule has 90 valence electrons. The first-order chi connectivity index (χ1) is 7.47. The van der Waals surface area contributed by atoms with Gasteiger partial charge in [0.1, 0.15) is 11.5 Å². The molecule has 1 atom stereocenters. The zero-order chi connectivity index (χ0) is 12.3. The fraction of sp³-hybridized carbons (Fsp3) is 0.615. The third-order valence-corrected chi connectivity index (χ3v) is 3.21. The number of rotatable bonds is 4. The van der Waals surface area contributed by atoms with E-state index in [9.17, 15) is 9.90 Å². The summed E-state index contributed by atoms with van der Waals surface area (Å²) >= 11 is 0. The molecule has 0 aliphatic rings. The van der Waals surface area contributed by atoms with Gasteiger partial charge < -0.3 is 9.52 Å². The minimum absolute atomic E-state index is 0.0791. The lowest BCUT2D eigenvalue weighted by Crippen LogP contribution is -2.08. The van der Waals surface area contributed by atoms with E-state index in [1.807, 2.05) is 0 Å². The Kier molecular flexibility index (Phi) is 4.16. The molecule has 0 amide bonds. The second-order valence-electron chi connectivity index (χ2n) is 4.46. The summed E-state index contributed by atoms with van der Waals surface area (Å²) in [4.78, 5) is 11.4. The maximum Gasteiger partial charge on any atom is 0.342 e. The molecule has 1 rings (SSSR count). The molecule has 0 saturated heterocycles. The molecule has 16 heavy (non-hydrogen) atoms. The molecular formula is C13H20O3. The molecule has 1 heterocycles. The molecule has 0 spiro atoms. The van der Waals surface area contributed by atoms with Crippen LogP contribution in [0.2, 0.25) is 0 Å². The highest BCUT2D eigenvalue weighted by Crippen LogP contribution is 2.23. The number of hydrogen-bond donors (Lipinski definition) is 1. The average molecular weight is 224 g/mol. The summed E-state index contributed by atoms with van der Waals surface area (Å²) in [6, 6.07) is 0. The lowest BCUT2D eigenvalue weighted by atomic mass is 10.00. The van der Waals surface area contributed by atoms with Gasteiger partial charge in [-0.25, -0.2) is 4.79 Å². The molecule has 0 aliphatic carbocycles. The lowest BCUT2D eigenvalue weighted by Gasteiger charge is -2.10. The minimum Gasteiger partial charge on any atom is -0.507 e. The van der Waals surface area contributed by atoms with Crippen molar-refractivity contribution in [3.8, 4) is 5.75 Å². The van der Waals surface area contributed by atoms with Crippen LogP contribution in [0.3, 0.4) is 0 Å². The van der Waals surface area contributed by atoms with E-state index < -0.39 is 5.63 Å². The largest absolute Gasteiger partial charge is 0.507 e. The predicted octanol–water partition coefficient (Wildman–Crippen LogP) is 2.94. The highest BCUT2D eigenvalue weighted by Gasteiger charge is 2.13. The molecule has 1 aromatic rings. The van der Waals surface area contributed by atoms with Crippen LogP contribution in [0.15, 0.2) is 9.21 Å². The molecule has 1 N–H and O–H groups in total. The SMILES string of the molecule is CCC(C)CCc1oc(=O)c(C)c(O)c1C. The van der Waals surface area contributed by atoms with Gasteiger partial charge in [0.15, 0.2) is 0 Å². The molecule has 0 fully saturated rings. The molecule has 0 radical (unpaired) electrons. The standard InChI is InChI=1S/C13H20O3/c1-5-8(2)6-7-11-9(3)12(14)10(4)13(15)16-11/h8,14H,5-7H2,1-4H3. The van der Waals surface area contributed by atoms with Crippen molar-refractivity contribution in [3.05, 3.63) is 27.3 Å². The van der Waals surface area contributed by atoms with Crippen LogP contribution in [-0.4, -0.2) is 5.11 Å². The van der Waals surface area contributed by atoms with E-state index in [2.05, 4.69) is 13.8 Å². The molecule has 0 aromatic carbocycles. The van der Waals surface area contributed by atoms with E-state index in [1.54, 1.807) is 13.8 Å². The van der Waals surface area contributed by atoms with Crippen molar-refractivity contribution < 1.29 is 9.52 Å². The zero-order valence-electron chi connectivity index (χ0n) is 10.5. The van der Waals surface area contributed by atoms with Crippen LogP contribution in [0.5, 0.6) is 5.75 Å². The highest BCUT2D eigenvalue weighted by atomic mass is 16.4. The van der Waals surface area contributed by atoms with Gasteiger partial charge in [-0.1, -0.05) is 20.3 Å². The highest BCUT2D eigenvalue weighted by molar-refractivity contribution is 5.38. The van der Waals surface area contributed by atoms with E-state index in [4.69, 9.17) is 4.42 Å². The van der Waals surface area contributed by atoms with Crippen molar-refractivity contribution in [1.82, 2.24) is 0 Å². The van der Waals surface area contributed by atoms with Crippen molar-refractivity contribution in [1.29, 1.82) is 0 Å². The van der Waals surface area contributed by atoms with Crippen molar-refractivity contribution in [2.24, 2.45) is 5.92 Å². The minimum atomic E-state index is -0.428. The lowest BCUT2D eigenvalue weighted by molar-refractivity contribution is 0.394. The smallest absolute Gasteiger partial charge is 0.342 e. The normalized spacial score (nSPS) is 12.8. The van der Waals surface area contributed by atoms with Crippen molar-refractivity contribution >= 4 is 0 Å². The van der Waals surface area contributed by atoms with Gasteiger partial charge in [-0.05, 0) is 26.2 Å². The predicted molar refractivity (Wildman–Crippen MR) is 63.9 cm³/mol. The zero-order valence-corrected chi connectivity index (χ0v) is 10.5. The Labute approximate surface area is 96.1 Å². The summed E-state index contributed by atoms with van der Waals surface area (Å²) in [5, 5.41) is 9.73. The summed E-state index contributed by atoms with van der Waals surface area (Å²) in [5.41, 5.74) is 0.562. The first kappa shape index (κ1) is 12.8. The van der Waals surface area contributed by atoms with E-state index in [0.717, 1.165) is 12.8 Å². The third kappa shape index (κ3) is 2.65. The van der Waals surface area contributed by atoms with Gasteiger partial charge in [0.2, 0.25) is 0 Å². The fourth-order valence-electron chi connectivity index (χ4n) is 1.60. The summed E-state index contributed by atoms with van der Waals surface area (Å²) in [6.45, 7) is 7.67. The Morgan fingerprint density at radius 2 is 1.94 bits per heavy atom. The van der Waals surface area contributed by atoms with Crippen LogP contribution in [0.25, 0.3) is 0 Å². The number of aryl methyl sites for hydroxylation is 1. The Morgan fingerprint density at radius 3 is 2.50 bits per heavy atom. The van der Waals surface area contributed by atoms with E-state index in [-0.39, 0.29) is 5.75 Å². The topological polar surface area (TPSA) is 50.4 Å². The van der Waals surface area contributed by atoms with E-state index >= 15 is 0 Å². The van der Waals surface area contributed by atoms with Crippen molar-refractivity contribution in [3.63, 3.8) is 0 Å². The Balaban J connectivity index is 2.94. The second-order valence-corrected chi connectivity index (χ2v) is 4.46. The molecule has 0 saturated carbocycles. The van der Waals surface area contributed by atoms with Crippen LogP contribution in [0.4, 0.5) is 0 Å². The van der Waals surface area contributed by atoms with Gasteiger partial charge in [0.05, 0.1) is 5.56 Å². The van der Waals surface area contributed by atoms with Crippen molar-refractivity contribution in [2.75, 3.05) is 0 Å². The molecular weight excluding hydrogens is 204 g/mol. The van der Waals surface area contributed by atoms with Crippen LogP contribution in [0.1, 0.15) is 43.6 Å². The second kappa shape index (κ2) is 5.19. The Hall–Kier alpha value is -1.25. The summed E-state index contributed by atoms with van der Waals surface area (Å²) in [5.74, 6) is 1.30. The molecule has 0 bridgehead atoms. The Bertz CT molecular complexity index is 418. The van der Waals surface area contributed by atoms with E-state index in [1.165, 1.54) is 0 Å². The number of aromatic hydroxyl groups is 1. The van der Waals surface area contributed by atoms with Crippen LogP contribution in [0, 0.1) is 19.8 Å². The summed E-state index contributed by atoms with van der Waals surface area (Å²) < 4.78 is 5.20. The van der Waals surface area contributed by atoms with Gasteiger partial charge in [0.25, 0.3) is 0 Å². The van der Waals surface area contributed by atoms with Crippen molar-refractivity contribution in [2.45, 2.75) is 47.0 Å². The van der Waals surface area contributed by atoms with Crippen LogP contribution >= 0.6 is 0 Å². The molecule has 1 unspecified atom stereocenters. The van der Waals surface area contributed by atoms with E-state index in [0.29, 0.717) is 29.2 Å². The fourth-order valence-corrected chi connectivity index (χ4v) is 1.60. The Morgan fingerprint density at radius 1 is 1.31 bits per heavy atom. The quantitative estimate of drug-likeness (QED) is 0.855. The summed E-state index contributed by atoms with van der Waals surface area (Å²) in [7, 11) is 0. The van der Waals surface area contributed by atoms with Crippen LogP contribution < -0.4 is 5.63 Å². The molecule has 1 aromatic heterocycles. The van der Waals surface area contributed by atoms with Gasteiger partial charge >= 0.3 is 5.63 Å². The van der Waals surface area contributed by atoms with Crippen LogP contribution in [-0.2, 0) is 6.42 Å². The third-order valence-electron chi connectivity index (χ3n) is 3.21. The average Bonchev–Trinajstić information content (AvgIpc) is 2.28. The molecule has 3 heteroatoms. The number of hydrogen-bond acceptors (Lipinski definition) is 3. The monoisotopic (exact) mass is 224 g/mol. The van der Waals surface area contributed by atoms with Gasteiger partial charge in [-0.15, -0.1) is 0 Å². The first-order valence-corrected chi connectivity index (χ1v) is 5.79. The maximum absolute atomic E-state index is 11.4. The first-order valence-electron chi connectivity index (χ1n) is 5.79. The maximum atomic E-state index is 11.4. The van der Waals surface area contributed by atoms with Gasteiger partial charge in [-0.2, -0.15) is 0 Å². The van der Waals surface area contributed by atoms with Gasteiger partial charge in [-0.3, -0.25) is 0 Å². The molecule has 3 nitrogen and oxygen atoms in total.